The third-order valence-electron chi connectivity index (χ3n) is 3.36. The van der Waals surface area contributed by atoms with Gasteiger partial charge in [-0.2, -0.15) is 4.98 Å². The van der Waals surface area contributed by atoms with Gasteiger partial charge in [-0.3, -0.25) is 4.79 Å². The summed E-state index contributed by atoms with van der Waals surface area (Å²) in [4.78, 5) is 23.7. The van der Waals surface area contributed by atoms with Gasteiger partial charge in [0.1, 0.15) is 11.5 Å². The highest BCUT2D eigenvalue weighted by Crippen LogP contribution is 2.26. The van der Waals surface area contributed by atoms with Crippen LogP contribution in [0.5, 0.6) is 0 Å². The van der Waals surface area contributed by atoms with Crippen LogP contribution in [0, 0.1) is 12.7 Å². The molecule has 8 heteroatoms. The molecule has 23 heavy (non-hydrogen) atoms. The van der Waals surface area contributed by atoms with Crippen LogP contribution in [0.1, 0.15) is 21.3 Å². The van der Waals surface area contributed by atoms with Crippen molar-refractivity contribution in [3.63, 3.8) is 0 Å². The number of hydrogen-bond donors (Lipinski definition) is 1. The second-order valence-electron chi connectivity index (χ2n) is 4.87. The number of carbonyl (C=O) groups is 1. The number of ketones is 1. The normalized spacial score (nSPS) is 11.2. The first-order valence-electron chi connectivity index (χ1n) is 6.70. The molecule has 1 aromatic carbocycles. The van der Waals surface area contributed by atoms with Gasteiger partial charge in [0.15, 0.2) is 5.01 Å². The van der Waals surface area contributed by atoms with Gasteiger partial charge in [-0.15, -0.1) is 11.3 Å². The number of fused-ring (bicyclic) bond motifs is 1. The SMILES string of the molecule is Cc1nc(-c2csc(C(=O)c3c[nH]c4c(F)cccc34)n2)no1. The van der Waals surface area contributed by atoms with E-state index in [0.717, 1.165) is 0 Å². The predicted molar refractivity (Wildman–Crippen MR) is 81.8 cm³/mol. The molecule has 3 heterocycles. The Bertz CT molecular complexity index is 1030. The van der Waals surface area contributed by atoms with E-state index in [-0.39, 0.29) is 10.8 Å². The number of nitrogens with one attached hydrogen (secondary N) is 1. The summed E-state index contributed by atoms with van der Waals surface area (Å²) in [6.45, 7) is 1.68. The molecule has 0 spiro atoms. The molecule has 0 aliphatic rings. The van der Waals surface area contributed by atoms with E-state index in [2.05, 4.69) is 20.1 Å². The van der Waals surface area contributed by atoms with Crippen molar-refractivity contribution in [1.29, 1.82) is 0 Å². The summed E-state index contributed by atoms with van der Waals surface area (Å²) in [5.74, 6) is 0.0812. The lowest BCUT2D eigenvalue weighted by Gasteiger charge is -1.95. The number of nitrogens with zero attached hydrogens (tertiary/aromatic N) is 3. The Morgan fingerprint density at radius 2 is 2.22 bits per heavy atom. The van der Waals surface area contributed by atoms with Gasteiger partial charge in [0, 0.05) is 23.9 Å². The van der Waals surface area contributed by atoms with Crippen molar-refractivity contribution in [2.45, 2.75) is 6.92 Å². The summed E-state index contributed by atoms with van der Waals surface area (Å²) in [5, 5.41) is 6.28. The molecule has 4 rings (SSSR count). The number of thiazole rings is 1. The number of rotatable bonds is 3. The van der Waals surface area contributed by atoms with Crippen LogP contribution in [0.2, 0.25) is 0 Å². The van der Waals surface area contributed by atoms with Gasteiger partial charge in [-0.1, -0.05) is 17.3 Å². The minimum Gasteiger partial charge on any atom is -0.358 e. The largest absolute Gasteiger partial charge is 0.358 e. The van der Waals surface area contributed by atoms with Gasteiger partial charge in [0.25, 0.3) is 0 Å². The van der Waals surface area contributed by atoms with Crippen molar-refractivity contribution >= 4 is 28.0 Å². The molecule has 0 saturated heterocycles. The molecule has 0 atom stereocenters. The first-order valence-corrected chi connectivity index (χ1v) is 7.58. The Morgan fingerprint density at radius 3 is 3.00 bits per heavy atom. The van der Waals surface area contributed by atoms with Gasteiger partial charge >= 0.3 is 0 Å². The molecule has 0 saturated carbocycles. The minimum absolute atomic E-state index is 0.279. The van der Waals surface area contributed by atoms with Crippen LogP contribution in [0.25, 0.3) is 22.4 Å². The maximum Gasteiger partial charge on any atom is 0.223 e. The molecular weight excluding hydrogens is 319 g/mol. The van der Waals surface area contributed by atoms with Crippen LogP contribution in [0.3, 0.4) is 0 Å². The van der Waals surface area contributed by atoms with E-state index in [4.69, 9.17) is 4.52 Å². The molecule has 0 aliphatic heterocycles. The maximum absolute atomic E-state index is 13.7. The summed E-state index contributed by atoms with van der Waals surface area (Å²) in [5.41, 5.74) is 1.16. The molecule has 6 nitrogen and oxygen atoms in total. The summed E-state index contributed by atoms with van der Waals surface area (Å²) < 4.78 is 18.6. The number of H-pyrrole nitrogens is 1. The zero-order valence-corrected chi connectivity index (χ0v) is 12.6. The van der Waals surface area contributed by atoms with Crippen LogP contribution in [0.4, 0.5) is 4.39 Å². The molecule has 3 aromatic heterocycles. The zero-order chi connectivity index (χ0) is 16.0. The minimum atomic E-state index is -0.399. The Hall–Kier alpha value is -2.87. The van der Waals surface area contributed by atoms with E-state index in [1.54, 1.807) is 24.4 Å². The second kappa shape index (κ2) is 5.10. The number of benzene rings is 1. The lowest BCUT2D eigenvalue weighted by Crippen LogP contribution is -1.99. The van der Waals surface area contributed by atoms with E-state index < -0.39 is 5.82 Å². The number of para-hydroxylation sites is 1. The number of aryl methyl sites for hydroxylation is 1. The fourth-order valence-corrected chi connectivity index (χ4v) is 3.05. The molecular formula is C15H9FN4O2S. The molecule has 0 bridgehead atoms. The van der Waals surface area contributed by atoms with E-state index in [9.17, 15) is 9.18 Å². The van der Waals surface area contributed by atoms with Crippen LogP contribution < -0.4 is 0 Å². The van der Waals surface area contributed by atoms with Crippen LogP contribution >= 0.6 is 11.3 Å². The number of aromatic amines is 1. The summed E-state index contributed by atoms with van der Waals surface area (Å²) in [6, 6.07) is 4.60. The fraction of sp³-hybridized carbons (Fsp3) is 0.0667. The Kier molecular flexibility index (Phi) is 3.05. The highest BCUT2D eigenvalue weighted by molar-refractivity contribution is 7.12. The van der Waals surface area contributed by atoms with E-state index in [1.807, 2.05) is 0 Å². The van der Waals surface area contributed by atoms with Gasteiger partial charge in [-0.05, 0) is 6.07 Å². The third-order valence-corrected chi connectivity index (χ3v) is 4.21. The Morgan fingerprint density at radius 1 is 1.35 bits per heavy atom. The van der Waals surface area contributed by atoms with E-state index in [0.29, 0.717) is 33.9 Å². The number of hydrogen-bond acceptors (Lipinski definition) is 6. The molecule has 0 fully saturated rings. The fourth-order valence-electron chi connectivity index (χ4n) is 2.30. The lowest BCUT2D eigenvalue weighted by atomic mass is 10.1. The summed E-state index contributed by atoms with van der Waals surface area (Å²) in [6.07, 6.45) is 1.50. The second-order valence-corrected chi connectivity index (χ2v) is 5.73. The maximum atomic E-state index is 13.7. The van der Waals surface area contributed by atoms with E-state index >= 15 is 0 Å². The van der Waals surface area contributed by atoms with Gasteiger partial charge in [-0.25, -0.2) is 9.37 Å². The molecule has 4 aromatic rings. The first-order chi connectivity index (χ1) is 11.1. The highest BCUT2D eigenvalue weighted by Gasteiger charge is 2.20. The van der Waals surface area contributed by atoms with Crippen molar-refractivity contribution in [2.75, 3.05) is 0 Å². The first kappa shape index (κ1) is 13.8. The van der Waals surface area contributed by atoms with Crippen LogP contribution in [-0.2, 0) is 0 Å². The molecule has 0 aliphatic carbocycles. The van der Waals surface area contributed by atoms with Crippen molar-refractivity contribution in [1.82, 2.24) is 20.1 Å². The van der Waals surface area contributed by atoms with Crippen LogP contribution in [0.15, 0.2) is 34.3 Å². The molecule has 0 amide bonds. The summed E-state index contributed by atoms with van der Waals surface area (Å²) >= 11 is 1.18. The number of halogens is 1. The Balaban J connectivity index is 1.74. The topological polar surface area (TPSA) is 84.7 Å². The smallest absolute Gasteiger partial charge is 0.223 e. The number of aromatic nitrogens is 4. The van der Waals surface area contributed by atoms with E-state index in [1.165, 1.54) is 23.6 Å². The van der Waals surface area contributed by atoms with Crippen molar-refractivity contribution in [3.8, 4) is 11.5 Å². The van der Waals surface area contributed by atoms with Crippen LogP contribution in [-0.4, -0.2) is 25.9 Å². The highest BCUT2D eigenvalue weighted by atomic mass is 32.1. The monoisotopic (exact) mass is 328 g/mol. The zero-order valence-electron chi connectivity index (χ0n) is 11.8. The van der Waals surface area contributed by atoms with Gasteiger partial charge < -0.3 is 9.51 Å². The van der Waals surface area contributed by atoms with Crippen molar-refractivity contribution in [3.05, 3.63) is 52.1 Å². The molecule has 0 radical (unpaired) electrons. The Labute approximate surface area is 133 Å². The van der Waals surface area contributed by atoms with Gasteiger partial charge in [0.2, 0.25) is 17.5 Å². The summed E-state index contributed by atoms with van der Waals surface area (Å²) in [7, 11) is 0. The standard InChI is InChI=1S/C15H9FN4O2S/c1-7-18-14(20-22-7)11-6-23-15(19-11)13(21)9-5-17-12-8(9)3-2-4-10(12)16/h2-6,17H,1H3. The van der Waals surface area contributed by atoms with Crippen molar-refractivity contribution in [2.24, 2.45) is 0 Å². The lowest BCUT2D eigenvalue weighted by molar-refractivity contribution is 0.104. The third kappa shape index (κ3) is 2.23. The molecule has 1 N–H and O–H groups in total. The number of carbonyl (C=O) groups excluding carboxylic acids is 1. The average molecular weight is 328 g/mol. The van der Waals surface area contributed by atoms with Crippen molar-refractivity contribution < 1.29 is 13.7 Å². The predicted octanol–water partition coefficient (Wildman–Crippen LogP) is 3.35. The van der Waals surface area contributed by atoms with Gasteiger partial charge in [0.05, 0.1) is 11.1 Å². The quantitative estimate of drug-likeness (QED) is 0.583. The average Bonchev–Trinajstić information content (AvgIpc) is 3.25. The molecule has 0 unspecified atom stereocenters. The molecule has 114 valence electrons.